The van der Waals surface area contributed by atoms with Gasteiger partial charge in [0, 0.05) is 37.0 Å². The van der Waals surface area contributed by atoms with E-state index in [-0.39, 0.29) is 35.8 Å². The van der Waals surface area contributed by atoms with Crippen molar-refractivity contribution in [1.29, 1.82) is 0 Å². The molecule has 4 aromatic rings. The van der Waals surface area contributed by atoms with Crippen LogP contribution in [-0.2, 0) is 30.8 Å². The molecule has 3 heterocycles. The third kappa shape index (κ3) is 7.25. The van der Waals surface area contributed by atoms with Gasteiger partial charge in [0.2, 0.25) is 10.0 Å². The molecule has 2 saturated heterocycles. The molecule has 0 spiro atoms. The number of thioether (sulfide) groups is 1. The smallest absolute Gasteiger partial charge is 0.309 e. The van der Waals surface area contributed by atoms with E-state index in [0.29, 0.717) is 58.5 Å². The Labute approximate surface area is 284 Å². The number of rotatable bonds is 10. The van der Waals surface area contributed by atoms with Crippen LogP contribution in [0.1, 0.15) is 30.9 Å². The van der Waals surface area contributed by atoms with Gasteiger partial charge in [0.05, 0.1) is 28.0 Å². The molecule has 0 aliphatic carbocycles. The molecule has 2 fully saturated rings. The summed E-state index contributed by atoms with van der Waals surface area (Å²) in [6.07, 6.45) is 5.12. The van der Waals surface area contributed by atoms with Gasteiger partial charge >= 0.3 is 5.97 Å². The van der Waals surface area contributed by atoms with Gasteiger partial charge in [-0.15, -0.1) is 0 Å². The summed E-state index contributed by atoms with van der Waals surface area (Å²) in [5, 5.41) is 4.86. The Kier molecular flexibility index (Phi) is 10.0. The SMILES string of the molecule is CCOC(=O)C1CCN(S(=O)(=O)c2cccc(-c3nn(-c4ccccc4)cc3/C=C3\SC(=S)N(CCc4ccccc4)C3=O)c2)CC1. The van der Waals surface area contributed by atoms with Crippen LogP contribution in [0.25, 0.3) is 23.0 Å². The lowest BCUT2D eigenvalue weighted by atomic mass is 9.98. The van der Waals surface area contributed by atoms with Crippen molar-refractivity contribution in [3.63, 3.8) is 0 Å². The molecule has 242 valence electrons. The van der Waals surface area contributed by atoms with Crippen LogP contribution in [0.15, 0.2) is 101 Å². The molecule has 3 aromatic carbocycles. The summed E-state index contributed by atoms with van der Waals surface area (Å²) in [6.45, 7) is 3.00. The van der Waals surface area contributed by atoms with Gasteiger partial charge in [0.15, 0.2) is 0 Å². The summed E-state index contributed by atoms with van der Waals surface area (Å²) in [6, 6.07) is 26.2. The lowest BCUT2D eigenvalue weighted by Crippen LogP contribution is -2.40. The first kappa shape index (κ1) is 32.8. The predicted molar refractivity (Wildman–Crippen MR) is 187 cm³/mol. The number of amides is 1. The summed E-state index contributed by atoms with van der Waals surface area (Å²) in [4.78, 5) is 28.0. The minimum Gasteiger partial charge on any atom is -0.466 e. The van der Waals surface area contributed by atoms with Gasteiger partial charge in [0.1, 0.15) is 10.0 Å². The van der Waals surface area contributed by atoms with Crippen molar-refractivity contribution in [2.45, 2.75) is 31.1 Å². The highest BCUT2D eigenvalue weighted by molar-refractivity contribution is 8.26. The Hall–Kier alpha value is -4.10. The third-order valence-corrected chi connectivity index (χ3v) is 11.5. The van der Waals surface area contributed by atoms with Gasteiger partial charge in [-0.1, -0.05) is 84.6 Å². The Morgan fingerprint density at radius 3 is 2.43 bits per heavy atom. The average molecular weight is 687 g/mol. The first-order valence-electron chi connectivity index (χ1n) is 15.5. The van der Waals surface area contributed by atoms with Crippen LogP contribution in [0, 0.1) is 5.92 Å². The Morgan fingerprint density at radius 1 is 1.02 bits per heavy atom. The number of thiocarbonyl (C=S) groups is 1. The summed E-state index contributed by atoms with van der Waals surface area (Å²) < 4.78 is 36.3. The molecule has 12 heteroatoms. The van der Waals surface area contributed by atoms with Crippen LogP contribution >= 0.6 is 24.0 Å². The van der Waals surface area contributed by atoms with Gasteiger partial charge in [0.25, 0.3) is 5.91 Å². The number of aromatic nitrogens is 2. The van der Waals surface area contributed by atoms with Gasteiger partial charge in [-0.05, 0) is 62.1 Å². The maximum Gasteiger partial charge on any atom is 0.309 e. The van der Waals surface area contributed by atoms with Crippen molar-refractivity contribution in [3.8, 4) is 16.9 Å². The number of piperidine rings is 1. The molecule has 0 unspecified atom stereocenters. The van der Waals surface area contributed by atoms with Crippen molar-refractivity contribution in [2.24, 2.45) is 5.92 Å². The number of carbonyl (C=O) groups excluding carboxylic acids is 2. The number of esters is 1. The third-order valence-electron chi connectivity index (χ3n) is 8.21. The highest BCUT2D eigenvalue weighted by atomic mass is 32.2. The maximum absolute atomic E-state index is 13.7. The molecule has 6 rings (SSSR count). The van der Waals surface area contributed by atoms with Crippen molar-refractivity contribution in [1.82, 2.24) is 19.0 Å². The highest BCUT2D eigenvalue weighted by Crippen LogP contribution is 2.36. The molecule has 0 N–H and O–H groups in total. The predicted octanol–water partition coefficient (Wildman–Crippen LogP) is 5.95. The minimum atomic E-state index is -3.84. The minimum absolute atomic E-state index is 0.136. The van der Waals surface area contributed by atoms with E-state index in [9.17, 15) is 18.0 Å². The normalized spacial score (nSPS) is 17.0. The number of hydrogen-bond acceptors (Lipinski definition) is 8. The van der Waals surface area contributed by atoms with Crippen LogP contribution < -0.4 is 0 Å². The van der Waals surface area contributed by atoms with E-state index in [1.807, 2.05) is 72.9 Å². The topological polar surface area (TPSA) is 102 Å². The van der Waals surface area contributed by atoms with E-state index in [1.54, 1.807) is 40.8 Å². The van der Waals surface area contributed by atoms with E-state index in [4.69, 9.17) is 22.1 Å². The van der Waals surface area contributed by atoms with Crippen molar-refractivity contribution in [2.75, 3.05) is 26.2 Å². The first-order valence-corrected chi connectivity index (χ1v) is 18.1. The lowest BCUT2D eigenvalue weighted by molar-refractivity contribution is -0.149. The number of hydrogen-bond donors (Lipinski definition) is 0. The molecular weight excluding hydrogens is 653 g/mol. The fourth-order valence-corrected chi connectivity index (χ4v) is 8.51. The summed E-state index contributed by atoms with van der Waals surface area (Å²) in [7, 11) is -3.84. The number of nitrogens with zero attached hydrogens (tertiary/aromatic N) is 4. The van der Waals surface area contributed by atoms with Crippen LogP contribution in [0.4, 0.5) is 0 Å². The molecule has 2 aliphatic heterocycles. The summed E-state index contributed by atoms with van der Waals surface area (Å²) in [5.74, 6) is -0.748. The molecule has 1 aromatic heterocycles. The standard InChI is InChI=1S/C35H34N4O5S3/c1-2-44-34(41)26-17-19-37(20-18-26)47(42,43)30-15-9-12-27(22-30)32-28(24-39(36-32)29-13-7-4-8-14-29)23-31-33(40)38(35(45)46-31)21-16-25-10-5-3-6-11-25/h3-15,22-24,26H,2,16-21H2,1H3/b31-23-. The van der Waals surface area contributed by atoms with Crippen molar-refractivity contribution < 1.29 is 22.7 Å². The lowest BCUT2D eigenvalue weighted by Gasteiger charge is -2.30. The fourth-order valence-electron chi connectivity index (χ4n) is 5.69. The van der Waals surface area contributed by atoms with E-state index in [1.165, 1.54) is 16.1 Å². The molecule has 0 bridgehead atoms. The first-order chi connectivity index (χ1) is 22.7. The molecular formula is C35H34N4O5S3. The second kappa shape index (κ2) is 14.3. The largest absolute Gasteiger partial charge is 0.466 e. The monoisotopic (exact) mass is 686 g/mol. The van der Waals surface area contributed by atoms with Crippen LogP contribution in [0.3, 0.4) is 0 Å². The Morgan fingerprint density at radius 2 is 1.72 bits per heavy atom. The molecule has 2 aliphatic rings. The van der Waals surface area contributed by atoms with E-state index in [2.05, 4.69) is 0 Å². The van der Waals surface area contributed by atoms with Crippen molar-refractivity contribution in [3.05, 3.63) is 107 Å². The van der Waals surface area contributed by atoms with E-state index in [0.717, 1.165) is 11.3 Å². The molecule has 9 nitrogen and oxygen atoms in total. The Balaban J connectivity index is 1.29. The van der Waals surface area contributed by atoms with Crippen LogP contribution in [-0.4, -0.2) is 69.8 Å². The number of carbonyl (C=O) groups is 2. The maximum atomic E-state index is 13.7. The number of para-hydroxylation sites is 1. The van der Waals surface area contributed by atoms with Crippen molar-refractivity contribution >= 4 is 56.3 Å². The van der Waals surface area contributed by atoms with Gasteiger partial charge in [-0.2, -0.15) is 9.40 Å². The second-order valence-corrected chi connectivity index (χ2v) is 14.9. The van der Waals surface area contributed by atoms with Gasteiger partial charge in [-0.3, -0.25) is 14.5 Å². The molecule has 0 radical (unpaired) electrons. The van der Waals surface area contributed by atoms with E-state index >= 15 is 0 Å². The molecule has 0 atom stereocenters. The molecule has 0 saturated carbocycles. The number of ether oxygens (including phenoxy) is 1. The molecule has 47 heavy (non-hydrogen) atoms. The second-order valence-electron chi connectivity index (χ2n) is 11.2. The Bertz CT molecular complexity index is 1920. The zero-order valence-electron chi connectivity index (χ0n) is 25.8. The fraction of sp³-hybridized carbons (Fsp3) is 0.257. The summed E-state index contributed by atoms with van der Waals surface area (Å²) in [5.41, 5.74) is 3.71. The van der Waals surface area contributed by atoms with Crippen LogP contribution in [0.5, 0.6) is 0 Å². The van der Waals surface area contributed by atoms with Gasteiger partial charge < -0.3 is 4.74 Å². The zero-order valence-corrected chi connectivity index (χ0v) is 28.3. The summed E-state index contributed by atoms with van der Waals surface area (Å²) >= 11 is 6.85. The number of sulfonamides is 1. The van der Waals surface area contributed by atoms with E-state index < -0.39 is 10.0 Å². The highest BCUT2D eigenvalue weighted by Gasteiger charge is 2.34. The van der Waals surface area contributed by atoms with Crippen LogP contribution in [0.2, 0.25) is 0 Å². The zero-order chi connectivity index (χ0) is 33.0. The molecule has 1 amide bonds. The average Bonchev–Trinajstić information content (AvgIpc) is 3.64. The number of benzene rings is 3. The van der Waals surface area contributed by atoms with Gasteiger partial charge in [-0.25, -0.2) is 13.1 Å². The quantitative estimate of drug-likeness (QED) is 0.115.